The van der Waals surface area contributed by atoms with Gasteiger partial charge in [-0.3, -0.25) is 4.79 Å². The van der Waals surface area contributed by atoms with E-state index in [1.165, 1.54) is 6.92 Å². The van der Waals surface area contributed by atoms with Crippen molar-refractivity contribution in [3.8, 4) is 0 Å². The van der Waals surface area contributed by atoms with Crippen molar-refractivity contribution in [1.29, 1.82) is 0 Å². The molecule has 0 saturated carbocycles. The lowest BCUT2D eigenvalue weighted by molar-refractivity contribution is 0.0991. The van der Waals surface area contributed by atoms with Gasteiger partial charge in [-0.15, -0.1) is 11.8 Å². The Morgan fingerprint density at radius 2 is 1.55 bits per heavy atom. The SMILES string of the molecule is CSc1ccc(C(=O)C(C)S(=O)(=O)c2ccc(C)cc2)cc1. The number of ketones is 1. The molecule has 0 amide bonds. The Labute approximate surface area is 135 Å². The molecule has 0 N–H and O–H groups in total. The molecule has 0 bridgehead atoms. The molecule has 3 nitrogen and oxygen atoms in total. The van der Waals surface area contributed by atoms with Gasteiger partial charge in [-0.1, -0.05) is 29.8 Å². The van der Waals surface area contributed by atoms with Gasteiger partial charge in [0.1, 0.15) is 5.25 Å². The first-order valence-electron chi connectivity index (χ1n) is 6.85. The van der Waals surface area contributed by atoms with E-state index < -0.39 is 15.1 Å². The average molecular weight is 334 g/mol. The summed E-state index contributed by atoms with van der Waals surface area (Å²) in [4.78, 5) is 13.7. The van der Waals surface area contributed by atoms with Gasteiger partial charge in [-0.25, -0.2) is 8.42 Å². The molecule has 0 aromatic heterocycles. The third-order valence-electron chi connectivity index (χ3n) is 3.56. The van der Waals surface area contributed by atoms with E-state index in [-0.39, 0.29) is 10.7 Å². The lowest BCUT2D eigenvalue weighted by atomic mass is 10.1. The number of thioether (sulfide) groups is 1. The number of aryl methyl sites for hydroxylation is 1. The second kappa shape index (κ2) is 6.67. The van der Waals surface area contributed by atoms with Gasteiger partial charge in [0.15, 0.2) is 15.6 Å². The Balaban J connectivity index is 2.30. The zero-order valence-electron chi connectivity index (χ0n) is 12.7. The van der Waals surface area contributed by atoms with Crippen LogP contribution in [0.2, 0.25) is 0 Å². The number of sulfone groups is 1. The second-order valence-electron chi connectivity index (χ2n) is 5.09. The molecular formula is C17H18O3S2. The fourth-order valence-corrected chi connectivity index (χ4v) is 3.81. The smallest absolute Gasteiger partial charge is 0.188 e. The number of benzene rings is 2. The van der Waals surface area contributed by atoms with Gasteiger partial charge in [-0.2, -0.15) is 0 Å². The second-order valence-corrected chi connectivity index (χ2v) is 8.24. The molecule has 2 aromatic rings. The van der Waals surface area contributed by atoms with E-state index in [0.29, 0.717) is 5.56 Å². The highest BCUT2D eigenvalue weighted by atomic mass is 32.2. The van der Waals surface area contributed by atoms with Gasteiger partial charge < -0.3 is 0 Å². The van der Waals surface area contributed by atoms with Crippen LogP contribution in [0.5, 0.6) is 0 Å². The fourth-order valence-electron chi connectivity index (χ4n) is 2.06. The standard InChI is InChI=1S/C17H18O3S2/c1-12-4-10-16(11-5-12)22(19,20)13(2)17(18)14-6-8-15(21-3)9-7-14/h4-11,13H,1-3H3. The summed E-state index contributed by atoms with van der Waals surface area (Å²) in [7, 11) is -3.67. The summed E-state index contributed by atoms with van der Waals surface area (Å²) >= 11 is 1.57. The Hall–Kier alpha value is -1.59. The summed E-state index contributed by atoms with van der Waals surface area (Å²) < 4.78 is 25.1. The van der Waals surface area contributed by atoms with Gasteiger partial charge >= 0.3 is 0 Å². The van der Waals surface area contributed by atoms with Crippen molar-refractivity contribution in [2.75, 3.05) is 6.26 Å². The topological polar surface area (TPSA) is 51.2 Å². The maximum absolute atomic E-state index is 12.6. The maximum Gasteiger partial charge on any atom is 0.188 e. The highest BCUT2D eigenvalue weighted by Crippen LogP contribution is 2.21. The van der Waals surface area contributed by atoms with Crippen LogP contribution in [0, 0.1) is 6.92 Å². The van der Waals surface area contributed by atoms with E-state index in [2.05, 4.69) is 0 Å². The third kappa shape index (κ3) is 3.42. The molecule has 2 rings (SSSR count). The lowest BCUT2D eigenvalue weighted by Crippen LogP contribution is -2.27. The number of hydrogen-bond acceptors (Lipinski definition) is 4. The van der Waals surface area contributed by atoms with Crippen molar-refractivity contribution < 1.29 is 13.2 Å². The van der Waals surface area contributed by atoms with Crippen LogP contribution < -0.4 is 0 Å². The minimum absolute atomic E-state index is 0.180. The van der Waals surface area contributed by atoms with Crippen molar-refractivity contribution in [3.05, 3.63) is 59.7 Å². The van der Waals surface area contributed by atoms with Crippen LogP contribution in [0.25, 0.3) is 0 Å². The molecule has 0 spiro atoms. The molecule has 1 atom stereocenters. The summed E-state index contributed by atoms with van der Waals surface area (Å²) in [5.74, 6) is -0.381. The molecule has 1 unspecified atom stereocenters. The Kier molecular flexibility index (Phi) is 5.08. The molecule has 0 aliphatic rings. The van der Waals surface area contributed by atoms with Gasteiger partial charge in [0.25, 0.3) is 0 Å². The quantitative estimate of drug-likeness (QED) is 0.617. The van der Waals surface area contributed by atoms with E-state index in [1.54, 1.807) is 48.2 Å². The molecular weight excluding hydrogens is 316 g/mol. The van der Waals surface area contributed by atoms with Crippen LogP contribution in [0.3, 0.4) is 0 Å². The molecule has 0 fully saturated rings. The molecule has 22 heavy (non-hydrogen) atoms. The van der Waals surface area contributed by atoms with Gasteiger partial charge in [0.05, 0.1) is 4.90 Å². The zero-order chi connectivity index (χ0) is 16.3. The molecule has 5 heteroatoms. The van der Waals surface area contributed by atoms with Crippen LogP contribution in [-0.4, -0.2) is 25.7 Å². The summed E-state index contributed by atoms with van der Waals surface area (Å²) in [6, 6.07) is 13.6. The highest BCUT2D eigenvalue weighted by molar-refractivity contribution is 7.98. The van der Waals surface area contributed by atoms with Crippen molar-refractivity contribution in [1.82, 2.24) is 0 Å². The van der Waals surface area contributed by atoms with Crippen LogP contribution in [0.1, 0.15) is 22.8 Å². The molecule has 0 saturated heterocycles. The van der Waals surface area contributed by atoms with Crippen molar-refractivity contribution >= 4 is 27.4 Å². The molecule has 116 valence electrons. The molecule has 0 aliphatic heterocycles. The van der Waals surface area contributed by atoms with Crippen LogP contribution in [-0.2, 0) is 9.84 Å². The predicted molar refractivity (Wildman–Crippen MR) is 90.4 cm³/mol. The van der Waals surface area contributed by atoms with Gasteiger partial charge in [0.2, 0.25) is 0 Å². The minimum Gasteiger partial charge on any atom is -0.293 e. The Bertz CT molecular complexity index is 761. The summed E-state index contributed by atoms with van der Waals surface area (Å²) in [6.45, 7) is 3.33. The average Bonchev–Trinajstić information content (AvgIpc) is 2.54. The number of rotatable bonds is 5. The number of hydrogen-bond donors (Lipinski definition) is 0. The number of Topliss-reactive ketones (excluding diaryl/α,β-unsaturated/α-hetero) is 1. The zero-order valence-corrected chi connectivity index (χ0v) is 14.4. The fraction of sp³-hybridized carbons (Fsp3) is 0.235. The molecule has 0 aliphatic carbocycles. The van der Waals surface area contributed by atoms with Crippen molar-refractivity contribution in [2.24, 2.45) is 0 Å². The first-order valence-corrected chi connectivity index (χ1v) is 9.62. The first-order chi connectivity index (χ1) is 10.4. The van der Waals surface area contributed by atoms with Crippen LogP contribution >= 0.6 is 11.8 Å². The molecule has 0 heterocycles. The molecule has 2 aromatic carbocycles. The normalized spacial score (nSPS) is 12.9. The third-order valence-corrected chi connectivity index (χ3v) is 6.38. The van der Waals surface area contributed by atoms with Gasteiger partial charge in [-0.05, 0) is 44.4 Å². The largest absolute Gasteiger partial charge is 0.293 e. The predicted octanol–water partition coefficient (Wildman–Crippen LogP) is 3.76. The summed E-state index contributed by atoms with van der Waals surface area (Å²) in [5, 5.41) is -1.10. The van der Waals surface area contributed by atoms with Crippen molar-refractivity contribution in [2.45, 2.75) is 28.9 Å². The van der Waals surface area contributed by atoms with Crippen LogP contribution in [0.4, 0.5) is 0 Å². The minimum atomic E-state index is -3.67. The van der Waals surface area contributed by atoms with Crippen molar-refractivity contribution in [3.63, 3.8) is 0 Å². The maximum atomic E-state index is 12.6. The Morgan fingerprint density at radius 3 is 2.05 bits per heavy atom. The summed E-state index contributed by atoms with van der Waals surface area (Å²) in [5.41, 5.74) is 1.39. The lowest BCUT2D eigenvalue weighted by Gasteiger charge is -2.12. The monoisotopic (exact) mass is 334 g/mol. The Morgan fingerprint density at radius 1 is 1.00 bits per heavy atom. The van der Waals surface area contributed by atoms with Gasteiger partial charge in [0, 0.05) is 10.5 Å². The van der Waals surface area contributed by atoms with E-state index >= 15 is 0 Å². The number of carbonyl (C=O) groups excluding carboxylic acids is 1. The summed E-state index contributed by atoms with van der Waals surface area (Å²) in [6.07, 6.45) is 1.95. The number of carbonyl (C=O) groups is 1. The van der Waals surface area contributed by atoms with Crippen LogP contribution in [0.15, 0.2) is 58.3 Å². The highest BCUT2D eigenvalue weighted by Gasteiger charge is 2.30. The molecule has 0 radical (unpaired) electrons. The van der Waals surface area contributed by atoms with E-state index in [4.69, 9.17) is 0 Å². The van der Waals surface area contributed by atoms with E-state index in [1.807, 2.05) is 25.3 Å². The van der Waals surface area contributed by atoms with E-state index in [0.717, 1.165) is 10.5 Å². The first kappa shape index (κ1) is 16.8. The van der Waals surface area contributed by atoms with E-state index in [9.17, 15) is 13.2 Å².